The number of carboxylic acids is 1. The zero-order chi connectivity index (χ0) is 11.0. The number of nitrogens with one attached hydrogen (secondary N) is 2. The van der Waals surface area contributed by atoms with Crippen LogP contribution in [0.15, 0.2) is 12.3 Å². The van der Waals surface area contributed by atoms with Gasteiger partial charge < -0.3 is 10.1 Å². The Kier molecular flexibility index (Phi) is 2.07. The third-order valence-electron chi connectivity index (χ3n) is 2.26. The van der Waals surface area contributed by atoms with Crippen molar-refractivity contribution >= 4 is 5.97 Å². The van der Waals surface area contributed by atoms with Gasteiger partial charge in [0, 0.05) is 11.3 Å². The molecule has 0 saturated carbocycles. The van der Waals surface area contributed by atoms with Gasteiger partial charge in [-0.15, -0.1) is 0 Å². The molecule has 0 aliphatic carbocycles. The van der Waals surface area contributed by atoms with E-state index in [9.17, 15) is 4.79 Å². The molecule has 2 aromatic heterocycles. The highest BCUT2D eigenvalue weighted by Gasteiger charge is 2.17. The average molecular weight is 205 g/mol. The summed E-state index contributed by atoms with van der Waals surface area (Å²) in [5, 5.41) is 15.7. The van der Waals surface area contributed by atoms with Gasteiger partial charge >= 0.3 is 5.97 Å². The van der Waals surface area contributed by atoms with Crippen LogP contribution < -0.4 is 0 Å². The number of aromatic nitrogens is 3. The minimum Gasteiger partial charge on any atom is -0.477 e. The summed E-state index contributed by atoms with van der Waals surface area (Å²) < 4.78 is 0. The van der Waals surface area contributed by atoms with Gasteiger partial charge in [0.25, 0.3) is 0 Å². The molecule has 0 atom stereocenters. The number of H-pyrrole nitrogens is 2. The van der Waals surface area contributed by atoms with Crippen LogP contribution in [0.1, 0.15) is 21.7 Å². The van der Waals surface area contributed by atoms with Crippen LogP contribution in [0.5, 0.6) is 0 Å². The molecule has 0 saturated heterocycles. The predicted octanol–water partition coefficient (Wildman–Crippen LogP) is 1.72. The number of aryl methyl sites for hydroxylation is 2. The summed E-state index contributed by atoms with van der Waals surface area (Å²) in [6, 6.07) is 1.80. The van der Waals surface area contributed by atoms with Gasteiger partial charge in [-0.25, -0.2) is 4.79 Å². The number of carboxylic acid groups (broad SMARTS) is 1. The van der Waals surface area contributed by atoms with Gasteiger partial charge in [0.2, 0.25) is 0 Å². The van der Waals surface area contributed by atoms with Crippen LogP contribution >= 0.6 is 0 Å². The molecule has 2 aromatic rings. The van der Waals surface area contributed by atoms with Gasteiger partial charge in [-0.1, -0.05) is 0 Å². The van der Waals surface area contributed by atoms with E-state index in [1.54, 1.807) is 12.3 Å². The van der Waals surface area contributed by atoms with E-state index >= 15 is 0 Å². The predicted molar refractivity (Wildman–Crippen MR) is 54.8 cm³/mol. The Morgan fingerprint density at radius 1 is 1.47 bits per heavy atom. The number of carbonyl (C=O) groups is 1. The van der Waals surface area contributed by atoms with E-state index in [1.807, 2.05) is 13.8 Å². The normalized spacial score (nSPS) is 10.5. The van der Waals surface area contributed by atoms with Crippen LogP contribution in [-0.2, 0) is 0 Å². The zero-order valence-electron chi connectivity index (χ0n) is 8.46. The van der Waals surface area contributed by atoms with Crippen LogP contribution in [0.4, 0.5) is 0 Å². The lowest BCUT2D eigenvalue weighted by atomic mass is 10.1. The maximum Gasteiger partial charge on any atom is 0.353 e. The Labute approximate surface area is 86.1 Å². The molecule has 3 N–H and O–H groups in total. The zero-order valence-corrected chi connectivity index (χ0v) is 8.46. The molecule has 0 aliphatic rings. The van der Waals surface area contributed by atoms with Crippen molar-refractivity contribution < 1.29 is 9.90 Å². The highest BCUT2D eigenvalue weighted by atomic mass is 16.4. The van der Waals surface area contributed by atoms with Crippen molar-refractivity contribution in [2.75, 3.05) is 0 Å². The molecule has 0 aliphatic heterocycles. The van der Waals surface area contributed by atoms with Gasteiger partial charge in [0.05, 0.1) is 11.9 Å². The lowest BCUT2D eigenvalue weighted by Crippen LogP contribution is -1.99. The fourth-order valence-corrected chi connectivity index (χ4v) is 1.57. The second kappa shape index (κ2) is 3.27. The Morgan fingerprint density at radius 2 is 2.20 bits per heavy atom. The molecular formula is C10H11N3O2. The van der Waals surface area contributed by atoms with Crippen molar-refractivity contribution in [2.45, 2.75) is 13.8 Å². The monoisotopic (exact) mass is 205 g/mol. The van der Waals surface area contributed by atoms with Crippen LogP contribution in [0.2, 0.25) is 0 Å². The first-order chi connectivity index (χ1) is 7.09. The molecule has 2 rings (SSSR count). The molecule has 0 amide bonds. The number of aromatic amines is 2. The minimum atomic E-state index is -0.966. The molecule has 2 heterocycles. The highest BCUT2D eigenvalue weighted by Crippen LogP contribution is 2.25. The Balaban J connectivity index is 2.62. The summed E-state index contributed by atoms with van der Waals surface area (Å²) in [6.45, 7) is 3.70. The standard InChI is InChI=1S/C10H11N3O2/c1-5-4-11-13-8(5)7-3-6(2)12-9(7)10(14)15/h3-4,12H,1-2H3,(H,11,13)(H,14,15). The molecule has 0 aromatic carbocycles. The fourth-order valence-electron chi connectivity index (χ4n) is 1.57. The van der Waals surface area contributed by atoms with E-state index in [0.717, 1.165) is 17.0 Å². The van der Waals surface area contributed by atoms with E-state index in [1.165, 1.54) is 0 Å². The first-order valence-electron chi connectivity index (χ1n) is 4.53. The Bertz CT molecular complexity index is 510. The molecular weight excluding hydrogens is 194 g/mol. The fraction of sp³-hybridized carbons (Fsp3) is 0.200. The third-order valence-corrected chi connectivity index (χ3v) is 2.26. The largest absolute Gasteiger partial charge is 0.477 e. The lowest BCUT2D eigenvalue weighted by Gasteiger charge is -1.97. The van der Waals surface area contributed by atoms with Gasteiger partial charge in [0.1, 0.15) is 5.69 Å². The van der Waals surface area contributed by atoms with Crippen molar-refractivity contribution in [3.63, 3.8) is 0 Å². The smallest absolute Gasteiger partial charge is 0.353 e. The Hall–Kier alpha value is -2.04. The van der Waals surface area contributed by atoms with Crippen LogP contribution in [-0.4, -0.2) is 26.3 Å². The summed E-state index contributed by atoms with van der Waals surface area (Å²) in [5.74, 6) is -0.966. The molecule has 0 fully saturated rings. The summed E-state index contributed by atoms with van der Waals surface area (Å²) in [4.78, 5) is 13.8. The number of nitrogens with zero attached hydrogens (tertiary/aromatic N) is 1. The summed E-state index contributed by atoms with van der Waals surface area (Å²) in [7, 11) is 0. The molecule has 0 radical (unpaired) electrons. The van der Waals surface area contributed by atoms with Gasteiger partial charge in [-0.05, 0) is 25.5 Å². The molecule has 0 unspecified atom stereocenters. The quantitative estimate of drug-likeness (QED) is 0.698. The second-order valence-electron chi connectivity index (χ2n) is 3.47. The molecule has 78 valence electrons. The first-order valence-corrected chi connectivity index (χ1v) is 4.53. The summed E-state index contributed by atoms with van der Waals surface area (Å²) >= 11 is 0. The number of rotatable bonds is 2. The maximum absolute atomic E-state index is 11.0. The van der Waals surface area contributed by atoms with Crippen molar-refractivity contribution in [1.82, 2.24) is 15.2 Å². The molecule has 15 heavy (non-hydrogen) atoms. The third kappa shape index (κ3) is 1.52. The summed E-state index contributed by atoms with van der Waals surface area (Å²) in [5.41, 5.74) is 3.33. The van der Waals surface area contributed by atoms with Crippen molar-refractivity contribution in [1.29, 1.82) is 0 Å². The number of hydrogen-bond acceptors (Lipinski definition) is 2. The number of hydrogen-bond donors (Lipinski definition) is 3. The van der Waals surface area contributed by atoms with Crippen LogP contribution in [0.25, 0.3) is 11.3 Å². The van der Waals surface area contributed by atoms with Gasteiger partial charge in [-0.2, -0.15) is 5.10 Å². The van der Waals surface area contributed by atoms with Crippen molar-refractivity contribution in [3.05, 3.63) is 29.2 Å². The van der Waals surface area contributed by atoms with Crippen molar-refractivity contribution in [3.8, 4) is 11.3 Å². The Morgan fingerprint density at radius 3 is 2.73 bits per heavy atom. The minimum absolute atomic E-state index is 0.194. The van der Waals surface area contributed by atoms with E-state index < -0.39 is 5.97 Å². The van der Waals surface area contributed by atoms with E-state index in [-0.39, 0.29) is 5.69 Å². The first kappa shape index (κ1) is 9.51. The van der Waals surface area contributed by atoms with E-state index in [2.05, 4.69) is 15.2 Å². The highest BCUT2D eigenvalue weighted by molar-refractivity contribution is 5.94. The van der Waals surface area contributed by atoms with Gasteiger partial charge in [0.15, 0.2) is 0 Å². The molecule has 0 spiro atoms. The molecule has 5 heteroatoms. The SMILES string of the molecule is Cc1cc(-c2[nH]ncc2C)c(C(=O)O)[nH]1. The summed E-state index contributed by atoms with van der Waals surface area (Å²) in [6.07, 6.45) is 1.67. The second-order valence-corrected chi connectivity index (χ2v) is 3.47. The van der Waals surface area contributed by atoms with Gasteiger partial charge in [-0.3, -0.25) is 5.10 Å². The van der Waals surface area contributed by atoms with Crippen molar-refractivity contribution in [2.24, 2.45) is 0 Å². The van der Waals surface area contributed by atoms with E-state index in [0.29, 0.717) is 5.56 Å². The average Bonchev–Trinajstić information content (AvgIpc) is 2.71. The van der Waals surface area contributed by atoms with Crippen LogP contribution in [0, 0.1) is 13.8 Å². The molecule has 0 bridgehead atoms. The molecule has 5 nitrogen and oxygen atoms in total. The van der Waals surface area contributed by atoms with E-state index in [4.69, 9.17) is 5.11 Å². The maximum atomic E-state index is 11.0. The topological polar surface area (TPSA) is 81.8 Å². The lowest BCUT2D eigenvalue weighted by molar-refractivity contribution is 0.0692. The number of aromatic carboxylic acids is 1. The van der Waals surface area contributed by atoms with Crippen LogP contribution in [0.3, 0.4) is 0 Å².